The summed E-state index contributed by atoms with van der Waals surface area (Å²) in [6.07, 6.45) is 0. The summed E-state index contributed by atoms with van der Waals surface area (Å²) in [5, 5.41) is 2.56. The first-order valence-corrected chi connectivity index (χ1v) is 9.66. The molecule has 3 aromatic rings. The summed E-state index contributed by atoms with van der Waals surface area (Å²) in [6, 6.07) is 16.3. The fraction of sp³-hybridized carbons (Fsp3) is 0.167. The smallest absolute Gasteiger partial charge is 0.254 e. The van der Waals surface area contributed by atoms with Crippen LogP contribution in [0.2, 0.25) is 0 Å². The van der Waals surface area contributed by atoms with Crippen molar-refractivity contribution in [1.82, 2.24) is 4.90 Å². The largest absolute Gasteiger partial charge is 0.497 e. The standard InChI is InChI=1S/C24H20F2N2O3/c1-28-22(14-7-10-16(31-2)11-8-14)21(17-5-3-4-6-18(17)24(28)30)23(29)27-20-12-9-15(25)13-19(20)26/h3-13,21-22H,1-2H3,(H,27,29). The van der Waals surface area contributed by atoms with Crippen LogP contribution in [-0.4, -0.2) is 30.9 Å². The lowest BCUT2D eigenvalue weighted by Crippen LogP contribution is -2.44. The number of likely N-dealkylation sites (N-methyl/N-ethyl adjacent to an activating group) is 1. The Balaban J connectivity index is 1.79. The Kier molecular flexibility index (Phi) is 5.42. The zero-order valence-corrected chi connectivity index (χ0v) is 16.9. The normalized spacial score (nSPS) is 17.8. The molecule has 0 aliphatic carbocycles. The van der Waals surface area contributed by atoms with Crippen LogP contribution in [0.4, 0.5) is 14.5 Å². The highest BCUT2D eigenvalue weighted by Crippen LogP contribution is 2.42. The van der Waals surface area contributed by atoms with Crippen molar-refractivity contribution < 1.29 is 23.1 Å². The van der Waals surface area contributed by atoms with E-state index in [1.165, 1.54) is 11.0 Å². The van der Waals surface area contributed by atoms with E-state index in [1.54, 1.807) is 62.7 Å². The SMILES string of the molecule is COc1ccc(C2C(C(=O)Nc3ccc(F)cc3F)c3ccccc3C(=O)N2C)cc1. The Morgan fingerprint density at radius 3 is 2.42 bits per heavy atom. The van der Waals surface area contributed by atoms with E-state index in [0.29, 0.717) is 22.9 Å². The van der Waals surface area contributed by atoms with Crippen LogP contribution in [0.1, 0.15) is 33.4 Å². The molecule has 5 nitrogen and oxygen atoms in total. The van der Waals surface area contributed by atoms with Crippen LogP contribution < -0.4 is 10.1 Å². The van der Waals surface area contributed by atoms with E-state index >= 15 is 0 Å². The lowest BCUT2D eigenvalue weighted by molar-refractivity contribution is -0.119. The second-order valence-corrected chi connectivity index (χ2v) is 7.31. The predicted octanol–water partition coefficient (Wildman–Crippen LogP) is 4.52. The summed E-state index contributed by atoms with van der Waals surface area (Å²) >= 11 is 0. The zero-order chi connectivity index (χ0) is 22.1. The molecule has 0 saturated heterocycles. The minimum atomic E-state index is -0.872. The first-order valence-electron chi connectivity index (χ1n) is 9.66. The molecule has 2 unspecified atom stereocenters. The molecular weight excluding hydrogens is 402 g/mol. The molecule has 7 heteroatoms. The van der Waals surface area contributed by atoms with Gasteiger partial charge in [-0.15, -0.1) is 0 Å². The van der Waals surface area contributed by atoms with E-state index in [4.69, 9.17) is 4.74 Å². The number of carbonyl (C=O) groups is 2. The van der Waals surface area contributed by atoms with E-state index in [1.807, 2.05) is 0 Å². The summed E-state index contributed by atoms with van der Waals surface area (Å²) in [5.41, 5.74) is 1.56. The van der Waals surface area contributed by atoms with Gasteiger partial charge in [0.2, 0.25) is 5.91 Å². The Morgan fingerprint density at radius 2 is 1.74 bits per heavy atom. The molecular formula is C24H20F2N2O3. The van der Waals surface area contributed by atoms with Crippen molar-refractivity contribution in [2.75, 3.05) is 19.5 Å². The summed E-state index contributed by atoms with van der Waals surface area (Å²) in [4.78, 5) is 27.9. The maximum absolute atomic E-state index is 14.2. The summed E-state index contributed by atoms with van der Waals surface area (Å²) in [7, 11) is 3.18. The Bertz CT molecular complexity index is 1150. The van der Waals surface area contributed by atoms with Gasteiger partial charge in [-0.25, -0.2) is 8.78 Å². The highest BCUT2D eigenvalue weighted by Gasteiger charge is 2.42. The molecule has 158 valence electrons. The molecule has 2 amide bonds. The third kappa shape index (κ3) is 3.74. The van der Waals surface area contributed by atoms with Crippen LogP contribution in [-0.2, 0) is 4.79 Å². The molecule has 0 aromatic heterocycles. The van der Waals surface area contributed by atoms with Crippen molar-refractivity contribution in [3.05, 3.63) is 95.1 Å². The molecule has 2 atom stereocenters. The number of halogens is 2. The third-order valence-corrected chi connectivity index (χ3v) is 5.51. The van der Waals surface area contributed by atoms with Crippen LogP contribution in [0.5, 0.6) is 5.75 Å². The van der Waals surface area contributed by atoms with Gasteiger partial charge in [-0.1, -0.05) is 30.3 Å². The van der Waals surface area contributed by atoms with Gasteiger partial charge in [0, 0.05) is 18.7 Å². The number of carbonyl (C=O) groups excluding carboxylic acids is 2. The van der Waals surface area contributed by atoms with E-state index in [2.05, 4.69) is 5.32 Å². The van der Waals surface area contributed by atoms with E-state index < -0.39 is 29.5 Å². The van der Waals surface area contributed by atoms with Crippen molar-refractivity contribution in [2.24, 2.45) is 0 Å². The molecule has 1 aliphatic heterocycles. The molecule has 0 bridgehead atoms. The average Bonchev–Trinajstić information content (AvgIpc) is 2.78. The number of nitrogens with one attached hydrogen (secondary N) is 1. The average molecular weight is 422 g/mol. The van der Waals surface area contributed by atoms with Gasteiger partial charge in [0.25, 0.3) is 5.91 Å². The first kappa shape index (κ1) is 20.5. The van der Waals surface area contributed by atoms with Crippen LogP contribution in [0.15, 0.2) is 66.7 Å². The van der Waals surface area contributed by atoms with Gasteiger partial charge in [0.05, 0.1) is 24.8 Å². The topological polar surface area (TPSA) is 58.6 Å². The number of ether oxygens (including phenoxy) is 1. The molecule has 0 spiro atoms. The number of amides is 2. The third-order valence-electron chi connectivity index (χ3n) is 5.51. The minimum absolute atomic E-state index is 0.128. The van der Waals surface area contributed by atoms with Crippen LogP contribution in [0.3, 0.4) is 0 Å². The molecule has 0 radical (unpaired) electrons. The van der Waals surface area contributed by atoms with Gasteiger partial charge < -0.3 is 15.0 Å². The number of rotatable bonds is 4. The van der Waals surface area contributed by atoms with E-state index in [0.717, 1.165) is 11.6 Å². The predicted molar refractivity (Wildman–Crippen MR) is 112 cm³/mol. The van der Waals surface area contributed by atoms with Gasteiger partial charge in [-0.3, -0.25) is 9.59 Å². The monoisotopic (exact) mass is 422 g/mol. The van der Waals surface area contributed by atoms with Gasteiger partial charge in [0.1, 0.15) is 17.4 Å². The lowest BCUT2D eigenvalue weighted by atomic mass is 9.79. The van der Waals surface area contributed by atoms with Crippen molar-refractivity contribution in [3.63, 3.8) is 0 Å². The highest BCUT2D eigenvalue weighted by molar-refractivity contribution is 6.04. The molecule has 0 fully saturated rings. The number of nitrogens with zero attached hydrogens (tertiary/aromatic N) is 1. The maximum Gasteiger partial charge on any atom is 0.254 e. The van der Waals surface area contributed by atoms with Crippen molar-refractivity contribution >= 4 is 17.5 Å². The molecule has 3 aromatic carbocycles. The van der Waals surface area contributed by atoms with Gasteiger partial charge >= 0.3 is 0 Å². The number of benzene rings is 3. The number of fused-ring (bicyclic) bond motifs is 1. The molecule has 1 heterocycles. The van der Waals surface area contributed by atoms with Gasteiger partial charge in [-0.05, 0) is 41.5 Å². The molecule has 31 heavy (non-hydrogen) atoms. The Hall–Kier alpha value is -3.74. The highest BCUT2D eigenvalue weighted by atomic mass is 19.1. The van der Waals surface area contributed by atoms with Gasteiger partial charge in [0.15, 0.2) is 0 Å². The number of hydrogen-bond acceptors (Lipinski definition) is 3. The second kappa shape index (κ2) is 8.18. The van der Waals surface area contributed by atoms with Crippen LogP contribution >= 0.6 is 0 Å². The number of methoxy groups -OCH3 is 1. The Labute approximate surface area is 178 Å². The molecule has 4 rings (SSSR count). The van der Waals surface area contributed by atoms with Crippen LogP contribution in [0.25, 0.3) is 0 Å². The van der Waals surface area contributed by atoms with Crippen molar-refractivity contribution in [2.45, 2.75) is 12.0 Å². The summed E-state index contributed by atoms with van der Waals surface area (Å²) in [5.74, 6) is -2.49. The van der Waals surface area contributed by atoms with E-state index in [9.17, 15) is 18.4 Å². The number of hydrogen-bond donors (Lipinski definition) is 1. The first-order chi connectivity index (χ1) is 14.9. The maximum atomic E-state index is 14.2. The summed E-state index contributed by atoms with van der Waals surface area (Å²) < 4.78 is 32.7. The molecule has 1 aliphatic rings. The Morgan fingerprint density at radius 1 is 1.03 bits per heavy atom. The second-order valence-electron chi connectivity index (χ2n) is 7.31. The van der Waals surface area contributed by atoms with Crippen molar-refractivity contribution in [3.8, 4) is 5.75 Å². The molecule has 0 saturated carbocycles. The van der Waals surface area contributed by atoms with Crippen molar-refractivity contribution in [1.29, 1.82) is 0 Å². The quantitative estimate of drug-likeness (QED) is 0.673. The lowest BCUT2D eigenvalue weighted by Gasteiger charge is -2.39. The number of anilines is 1. The fourth-order valence-electron chi connectivity index (χ4n) is 3.98. The molecule has 1 N–H and O–H groups in total. The van der Waals surface area contributed by atoms with Crippen LogP contribution in [0, 0.1) is 11.6 Å². The minimum Gasteiger partial charge on any atom is -0.497 e. The van der Waals surface area contributed by atoms with E-state index in [-0.39, 0.29) is 11.6 Å². The summed E-state index contributed by atoms with van der Waals surface area (Å²) in [6.45, 7) is 0. The zero-order valence-electron chi connectivity index (χ0n) is 16.9. The van der Waals surface area contributed by atoms with Gasteiger partial charge in [-0.2, -0.15) is 0 Å². The fourth-order valence-corrected chi connectivity index (χ4v) is 3.98.